The predicted molar refractivity (Wildman–Crippen MR) is 75.9 cm³/mol. The maximum absolute atomic E-state index is 12.3. The highest BCUT2D eigenvalue weighted by Crippen LogP contribution is 2.25. The Kier molecular flexibility index (Phi) is 5.34. The average Bonchev–Trinajstić information content (AvgIpc) is 2.43. The van der Waals surface area contributed by atoms with Crippen LogP contribution in [0.2, 0.25) is 0 Å². The molecule has 0 fully saturated rings. The normalized spacial score (nSPS) is 11.4. The van der Waals surface area contributed by atoms with Gasteiger partial charge in [-0.2, -0.15) is 0 Å². The van der Waals surface area contributed by atoms with Gasteiger partial charge in [-0.1, -0.05) is 0 Å². The third kappa shape index (κ3) is 3.61. The van der Waals surface area contributed by atoms with Gasteiger partial charge in [-0.05, 0) is 18.2 Å². The zero-order chi connectivity index (χ0) is 15.3. The number of hydrogen-bond acceptors (Lipinski definition) is 5. The first kappa shape index (κ1) is 16.3. The average molecular weight is 301 g/mol. The number of benzene rings is 1. The third-order valence-electron chi connectivity index (χ3n) is 2.84. The molecule has 0 atom stereocenters. The molecule has 0 saturated heterocycles. The molecule has 0 aliphatic rings. The fourth-order valence-corrected chi connectivity index (χ4v) is 2.76. The number of carbonyl (C=O) groups is 1. The van der Waals surface area contributed by atoms with Gasteiger partial charge >= 0.3 is 0 Å². The lowest BCUT2D eigenvalue weighted by molar-refractivity contribution is -0.120. The van der Waals surface area contributed by atoms with Crippen LogP contribution in [0.15, 0.2) is 23.1 Å². The summed E-state index contributed by atoms with van der Waals surface area (Å²) in [5.41, 5.74) is 5.94. The van der Waals surface area contributed by atoms with Crippen LogP contribution < -0.4 is 15.8 Å². The topological polar surface area (TPSA) is 102 Å². The van der Waals surface area contributed by atoms with E-state index in [-0.39, 0.29) is 29.5 Å². The monoisotopic (exact) mass is 301 g/mol. The maximum atomic E-state index is 12.3. The quantitative estimate of drug-likeness (QED) is 0.722. The largest absolute Gasteiger partial charge is 0.495 e. The van der Waals surface area contributed by atoms with Gasteiger partial charge in [0.15, 0.2) is 0 Å². The first-order valence-corrected chi connectivity index (χ1v) is 7.37. The number of rotatable bonds is 6. The van der Waals surface area contributed by atoms with Crippen molar-refractivity contribution in [1.29, 1.82) is 0 Å². The van der Waals surface area contributed by atoms with Crippen LogP contribution in [-0.2, 0) is 14.8 Å². The maximum Gasteiger partial charge on any atom is 0.242 e. The molecule has 0 radical (unpaired) electrons. The molecule has 0 aliphatic carbocycles. The molecule has 8 heteroatoms. The fourth-order valence-electron chi connectivity index (χ4n) is 1.56. The lowest BCUT2D eigenvalue weighted by Gasteiger charge is -2.17. The molecule has 0 bridgehead atoms. The van der Waals surface area contributed by atoms with Gasteiger partial charge in [0.1, 0.15) is 5.75 Å². The summed E-state index contributed by atoms with van der Waals surface area (Å²) in [5.74, 6) is 0.193. The number of amides is 1. The Labute approximate surface area is 118 Å². The summed E-state index contributed by atoms with van der Waals surface area (Å²) in [6.07, 6.45) is 0.0951. The summed E-state index contributed by atoms with van der Waals surface area (Å²) >= 11 is 0. The minimum atomic E-state index is -3.67. The molecule has 1 amide bonds. The smallest absolute Gasteiger partial charge is 0.242 e. The van der Waals surface area contributed by atoms with E-state index in [1.165, 1.54) is 39.4 Å². The molecule has 112 valence electrons. The Morgan fingerprint density at radius 3 is 2.60 bits per heavy atom. The lowest BCUT2D eigenvalue weighted by atomic mass is 10.3. The Morgan fingerprint density at radius 1 is 1.45 bits per heavy atom. The predicted octanol–water partition coefficient (Wildman–Crippen LogP) is 0.0340. The van der Waals surface area contributed by atoms with Crippen molar-refractivity contribution in [3.63, 3.8) is 0 Å². The number of carbonyl (C=O) groups excluding carboxylic acids is 1. The van der Waals surface area contributed by atoms with Crippen molar-refractivity contribution in [2.24, 2.45) is 0 Å². The summed E-state index contributed by atoms with van der Waals surface area (Å²) in [4.78, 5) is 11.2. The Hall–Kier alpha value is -1.80. The Bertz CT molecular complexity index is 586. The van der Waals surface area contributed by atoms with E-state index < -0.39 is 10.0 Å². The first-order chi connectivity index (χ1) is 9.32. The van der Waals surface area contributed by atoms with Crippen LogP contribution in [0, 0.1) is 0 Å². The second kappa shape index (κ2) is 6.58. The van der Waals surface area contributed by atoms with Crippen molar-refractivity contribution in [1.82, 2.24) is 9.62 Å². The number of sulfonamides is 1. The van der Waals surface area contributed by atoms with E-state index in [4.69, 9.17) is 10.5 Å². The molecule has 0 saturated carbocycles. The van der Waals surface area contributed by atoms with Crippen LogP contribution in [0.4, 0.5) is 5.69 Å². The lowest BCUT2D eigenvalue weighted by Crippen LogP contribution is -2.31. The minimum absolute atomic E-state index is 0.0650. The van der Waals surface area contributed by atoms with Crippen LogP contribution in [0.1, 0.15) is 6.42 Å². The molecule has 0 aromatic heterocycles. The van der Waals surface area contributed by atoms with E-state index >= 15 is 0 Å². The van der Waals surface area contributed by atoms with Gasteiger partial charge in [0.05, 0.1) is 17.7 Å². The van der Waals surface area contributed by atoms with E-state index in [0.717, 1.165) is 4.31 Å². The first-order valence-electron chi connectivity index (χ1n) is 5.93. The van der Waals surface area contributed by atoms with Gasteiger partial charge in [-0.15, -0.1) is 0 Å². The van der Waals surface area contributed by atoms with Gasteiger partial charge in [0, 0.05) is 27.1 Å². The molecular weight excluding hydrogens is 282 g/mol. The second-order valence-corrected chi connectivity index (χ2v) is 6.20. The molecule has 1 aromatic carbocycles. The molecule has 0 unspecified atom stereocenters. The van der Waals surface area contributed by atoms with Crippen LogP contribution >= 0.6 is 0 Å². The van der Waals surface area contributed by atoms with Crippen LogP contribution in [0.3, 0.4) is 0 Å². The molecule has 1 rings (SSSR count). The van der Waals surface area contributed by atoms with Crippen molar-refractivity contribution in [3.8, 4) is 5.75 Å². The van der Waals surface area contributed by atoms with Crippen molar-refractivity contribution in [2.75, 3.05) is 33.5 Å². The highest BCUT2D eigenvalue weighted by Gasteiger charge is 2.22. The molecule has 0 heterocycles. The number of hydrogen-bond donors (Lipinski definition) is 2. The minimum Gasteiger partial charge on any atom is -0.495 e. The zero-order valence-corrected chi connectivity index (χ0v) is 12.5. The Morgan fingerprint density at radius 2 is 2.10 bits per heavy atom. The number of nitrogens with one attached hydrogen (secondary N) is 1. The fraction of sp³-hybridized carbons (Fsp3) is 0.417. The van der Waals surface area contributed by atoms with Gasteiger partial charge in [0.2, 0.25) is 15.9 Å². The van der Waals surface area contributed by atoms with E-state index in [1.54, 1.807) is 0 Å². The molecule has 20 heavy (non-hydrogen) atoms. The number of methoxy groups -OCH3 is 1. The van der Waals surface area contributed by atoms with Crippen molar-refractivity contribution < 1.29 is 17.9 Å². The summed E-state index contributed by atoms with van der Waals surface area (Å²) in [7, 11) is 0.698. The van der Waals surface area contributed by atoms with E-state index in [9.17, 15) is 13.2 Å². The van der Waals surface area contributed by atoms with E-state index in [2.05, 4.69) is 5.32 Å². The van der Waals surface area contributed by atoms with Crippen molar-refractivity contribution >= 4 is 21.6 Å². The number of nitrogen functional groups attached to an aromatic ring is 1. The summed E-state index contributed by atoms with van der Waals surface area (Å²) in [6, 6.07) is 4.25. The third-order valence-corrected chi connectivity index (χ3v) is 4.69. The number of ether oxygens (including phenoxy) is 1. The van der Waals surface area contributed by atoms with Crippen LogP contribution in [-0.4, -0.2) is 46.4 Å². The molecule has 7 nitrogen and oxygen atoms in total. The van der Waals surface area contributed by atoms with Crippen LogP contribution in [0.25, 0.3) is 0 Å². The zero-order valence-electron chi connectivity index (χ0n) is 11.7. The summed E-state index contributed by atoms with van der Waals surface area (Å²) < 4.78 is 30.7. The van der Waals surface area contributed by atoms with Gasteiger partial charge < -0.3 is 15.8 Å². The van der Waals surface area contributed by atoms with Gasteiger partial charge in [-0.3, -0.25) is 4.79 Å². The van der Waals surface area contributed by atoms with Gasteiger partial charge in [0.25, 0.3) is 0 Å². The molecule has 3 N–H and O–H groups in total. The SMILES string of the molecule is CNC(=O)CCN(C)S(=O)(=O)c1ccc(OC)c(N)c1. The van der Waals surface area contributed by atoms with Gasteiger partial charge in [-0.25, -0.2) is 12.7 Å². The molecule has 1 aromatic rings. The summed E-state index contributed by atoms with van der Waals surface area (Å²) in [5, 5.41) is 2.44. The highest BCUT2D eigenvalue weighted by molar-refractivity contribution is 7.89. The Balaban J connectivity index is 2.92. The number of nitrogens with two attached hydrogens (primary N) is 1. The standard InChI is InChI=1S/C12H19N3O4S/c1-14-12(16)6-7-15(2)20(17,18)9-4-5-11(19-3)10(13)8-9/h4-5,8H,6-7,13H2,1-3H3,(H,14,16). The summed E-state index contributed by atoms with van der Waals surface area (Å²) in [6.45, 7) is 0.0912. The number of anilines is 1. The molecule has 0 aliphatic heterocycles. The van der Waals surface area contributed by atoms with Crippen molar-refractivity contribution in [3.05, 3.63) is 18.2 Å². The highest BCUT2D eigenvalue weighted by atomic mass is 32.2. The van der Waals surface area contributed by atoms with Crippen LogP contribution in [0.5, 0.6) is 5.75 Å². The number of nitrogens with zero attached hydrogens (tertiary/aromatic N) is 1. The van der Waals surface area contributed by atoms with E-state index in [0.29, 0.717) is 5.75 Å². The van der Waals surface area contributed by atoms with Crippen molar-refractivity contribution in [2.45, 2.75) is 11.3 Å². The second-order valence-electron chi connectivity index (χ2n) is 4.15. The van der Waals surface area contributed by atoms with E-state index in [1.807, 2.05) is 0 Å². The molecular formula is C12H19N3O4S. The molecule has 0 spiro atoms.